The lowest BCUT2D eigenvalue weighted by Crippen LogP contribution is -2.61. The molecule has 8 nitrogen and oxygen atoms in total. The van der Waals surface area contributed by atoms with Crippen molar-refractivity contribution in [3.8, 4) is 21.7 Å². The van der Waals surface area contributed by atoms with Gasteiger partial charge in [-0.1, -0.05) is 30.3 Å². The van der Waals surface area contributed by atoms with Crippen LogP contribution in [0.5, 0.6) is 0 Å². The van der Waals surface area contributed by atoms with Gasteiger partial charge in [-0.2, -0.15) is 13.2 Å². The summed E-state index contributed by atoms with van der Waals surface area (Å²) < 4.78 is 39.7. The summed E-state index contributed by atoms with van der Waals surface area (Å²) in [7, 11) is 0. The van der Waals surface area contributed by atoms with Crippen molar-refractivity contribution >= 4 is 27.6 Å². The fourth-order valence-electron chi connectivity index (χ4n) is 5.05. The zero-order chi connectivity index (χ0) is 26.6. The third-order valence-electron chi connectivity index (χ3n) is 6.36. The van der Waals surface area contributed by atoms with Gasteiger partial charge in [0.2, 0.25) is 0 Å². The van der Waals surface area contributed by atoms with Crippen LogP contribution in [0.25, 0.3) is 31.9 Å². The maximum Gasteiger partial charge on any atom is 0.406 e. The van der Waals surface area contributed by atoms with Crippen LogP contribution in [0.1, 0.15) is 25.3 Å². The first kappa shape index (κ1) is 24.9. The highest BCUT2D eigenvalue weighted by atomic mass is 32.1. The number of carbonyl (C=O) groups is 1. The van der Waals surface area contributed by atoms with Crippen molar-refractivity contribution in [2.24, 2.45) is 0 Å². The highest BCUT2D eigenvalue weighted by Gasteiger charge is 2.53. The van der Waals surface area contributed by atoms with Gasteiger partial charge in [-0.3, -0.25) is 14.3 Å². The predicted molar refractivity (Wildman–Crippen MR) is 131 cm³/mol. The minimum absolute atomic E-state index is 0.0496. The summed E-state index contributed by atoms with van der Waals surface area (Å²) in [6.07, 6.45) is -2.96. The molecule has 12 heteroatoms. The summed E-state index contributed by atoms with van der Waals surface area (Å²) in [5.74, 6) is 0. The molecule has 4 aromatic rings. The van der Waals surface area contributed by atoms with Crippen LogP contribution in [0.4, 0.5) is 18.0 Å². The molecule has 5 rings (SSSR count). The molecule has 3 aromatic heterocycles. The number of fused-ring (bicyclic) bond motifs is 1. The number of carboxylic acid groups (broad SMARTS) is 1. The van der Waals surface area contributed by atoms with E-state index in [4.69, 9.17) is 0 Å². The fraction of sp³-hybridized carbons (Fsp3) is 0.280. The van der Waals surface area contributed by atoms with Crippen molar-refractivity contribution in [1.82, 2.24) is 19.9 Å². The Kier molecular flexibility index (Phi) is 5.83. The van der Waals surface area contributed by atoms with E-state index in [0.29, 0.717) is 31.8 Å². The number of benzene rings is 1. The van der Waals surface area contributed by atoms with Gasteiger partial charge in [0.15, 0.2) is 0 Å². The van der Waals surface area contributed by atoms with Crippen LogP contribution >= 0.6 is 11.3 Å². The second kappa shape index (κ2) is 8.67. The SMILES string of the molecule is CC1(O)CC(NC(=O)O)(c2ccc(-c3sc4ncn(CC(F)(F)F)c(=O)c4c3-c3ccccn3)cc2)C1. The van der Waals surface area contributed by atoms with Crippen molar-refractivity contribution in [2.45, 2.75) is 43.6 Å². The Morgan fingerprint density at radius 3 is 2.43 bits per heavy atom. The van der Waals surface area contributed by atoms with E-state index in [-0.39, 0.29) is 23.1 Å². The number of alkyl halides is 3. The van der Waals surface area contributed by atoms with E-state index in [1.54, 1.807) is 49.4 Å². The van der Waals surface area contributed by atoms with Gasteiger partial charge in [0.1, 0.15) is 11.4 Å². The summed E-state index contributed by atoms with van der Waals surface area (Å²) in [6, 6.07) is 12.0. The van der Waals surface area contributed by atoms with Gasteiger partial charge >= 0.3 is 12.3 Å². The predicted octanol–water partition coefficient (Wildman–Crippen LogP) is 4.76. The molecule has 3 heterocycles. The maximum absolute atomic E-state index is 13.2. The van der Waals surface area contributed by atoms with E-state index in [2.05, 4.69) is 15.3 Å². The Morgan fingerprint density at radius 2 is 1.86 bits per heavy atom. The van der Waals surface area contributed by atoms with Crippen molar-refractivity contribution in [1.29, 1.82) is 0 Å². The number of halogens is 3. The van der Waals surface area contributed by atoms with Gasteiger partial charge in [-0.15, -0.1) is 11.3 Å². The van der Waals surface area contributed by atoms with Gasteiger partial charge in [-0.05, 0) is 30.2 Å². The number of aliphatic hydroxyl groups is 1. The lowest BCUT2D eigenvalue weighted by molar-refractivity contribution is -0.141. The molecule has 0 aliphatic heterocycles. The smallest absolute Gasteiger partial charge is 0.406 e. The molecule has 0 saturated heterocycles. The number of amides is 1. The van der Waals surface area contributed by atoms with Crippen LogP contribution in [-0.2, 0) is 12.1 Å². The zero-order valence-electron chi connectivity index (χ0n) is 19.4. The first-order valence-electron chi connectivity index (χ1n) is 11.2. The number of aromatic nitrogens is 3. The molecule has 0 bridgehead atoms. The number of nitrogens with zero attached hydrogens (tertiary/aromatic N) is 3. The average molecular weight is 531 g/mol. The Labute approximate surface area is 212 Å². The molecule has 1 fully saturated rings. The molecule has 0 radical (unpaired) electrons. The average Bonchev–Trinajstić information content (AvgIpc) is 3.19. The lowest BCUT2D eigenvalue weighted by Gasteiger charge is -2.51. The number of hydrogen-bond donors (Lipinski definition) is 3. The minimum atomic E-state index is -4.59. The molecule has 1 aliphatic rings. The number of nitrogens with one attached hydrogen (secondary N) is 1. The molecule has 0 spiro atoms. The Bertz CT molecular complexity index is 1540. The molecule has 1 saturated carbocycles. The second-order valence-corrected chi connectivity index (χ2v) is 10.4. The summed E-state index contributed by atoms with van der Waals surface area (Å²) in [5, 5.41) is 22.2. The lowest BCUT2D eigenvalue weighted by atomic mass is 9.62. The van der Waals surface area contributed by atoms with E-state index in [1.165, 1.54) is 6.20 Å². The van der Waals surface area contributed by atoms with Crippen LogP contribution in [0.2, 0.25) is 0 Å². The Hall–Kier alpha value is -3.77. The van der Waals surface area contributed by atoms with Crippen LogP contribution in [0.3, 0.4) is 0 Å². The van der Waals surface area contributed by atoms with Gasteiger partial charge in [0.05, 0.1) is 28.5 Å². The first-order chi connectivity index (χ1) is 17.4. The molecule has 1 aliphatic carbocycles. The molecule has 1 amide bonds. The zero-order valence-corrected chi connectivity index (χ0v) is 20.2. The maximum atomic E-state index is 13.2. The summed E-state index contributed by atoms with van der Waals surface area (Å²) in [4.78, 5) is 33.9. The molecule has 37 heavy (non-hydrogen) atoms. The number of hydrogen-bond acceptors (Lipinski definition) is 6. The molecule has 192 valence electrons. The summed E-state index contributed by atoms with van der Waals surface area (Å²) in [6.45, 7) is 0.177. The quantitative estimate of drug-likeness (QED) is 0.343. The van der Waals surface area contributed by atoms with Crippen LogP contribution < -0.4 is 10.9 Å². The van der Waals surface area contributed by atoms with Gasteiger partial charge < -0.3 is 15.5 Å². The largest absolute Gasteiger partial charge is 0.465 e. The summed E-state index contributed by atoms with van der Waals surface area (Å²) in [5.41, 5.74) is -0.640. The fourth-order valence-corrected chi connectivity index (χ4v) is 6.20. The number of thiophene rings is 1. The molecule has 0 unspecified atom stereocenters. The monoisotopic (exact) mass is 530 g/mol. The highest BCUT2D eigenvalue weighted by Crippen LogP contribution is 2.49. The van der Waals surface area contributed by atoms with Gasteiger partial charge in [-0.25, -0.2) is 9.78 Å². The van der Waals surface area contributed by atoms with E-state index in [9.17, 15) is 33.0 Å². The third-order valence-corrected chi connectivity index (χ3v) is 7.51. The highest BCUT2D eigenvalue weighted by molar-refractivity contribution is 7.22. The van der Waals surface area contributed by atoms with E-state index < -0.39 is 35.5 Å². The van der Waals surface area contributed by atoms with Crippen molar-refractivity contribution < 1.29 is 28.2 Å². The molecule has 1 aromatic carbocycles. The van der Waals surface area contributed by atoms with Crippen LogP contribution in [-0.4, -0.2) is 42.6 Å². The van der Waals surface area contributed by atoms with Crippen molar-refractivity contribution in [2.75, 3.05) is 0 Å². The second-order valence-electron chi connectivity index (χ2n) is 9.43. The third kappa shape index (κ3) is 4.69. The molecular weight excluding hydrogens is 509 g/mol. The Balaban J connectivity index is 1.64. The molecule has 0 atom stereocenters. The van der Waals surface area contributed by atoms with E-state index in [1.807, 2.05) is 0 Å². The number of rotatable bonds is 5. The van der Waals surface area contributed by atoms with Gasteiger partial charge in [0.25, 0.3) is 5.56 Å². The normalized spacial score (nSPS) is 21.5. The topological polar surface area (TPSA) is 117 Å². The van der Waals surface area contributed by atoms with E-state index >= 15 is 0 Å². The first-order valence-corrected chi connectivity index (χ1v) is 12.0. The molecule has 3 N–H and O–H groups in total. The van der Waals surface area contributed by atoms with Gasteiger partial charge in [0, 0.05) is 29.5 Å². The number of pyridine rings is 1. The van der Waals surface area contributed by atoms with Crippen LogP contribution in [0, 0.1) is 0 Å². The standard InChI is InChI=1S/C25H21F3N4O4S/c1-23(36)10-24(11-23,31-22(34)35)15-7-5-14(6-8-15)19-17(16-4-2-3-9-29-16)18-20(37-19)30-13-32(21(18)33)12-25(26,27)28/h2-9,13,31,36H,10-12H2,1H3,(H,34,35). The summed E-state index contributed by atoms with van der Waals surface area (Å²) >= 11 is 1.16. The van der Waals surface area contributed by atoms with Crippen molar-refractivity contribution in [3.63, 3.8) is 0 Å². The van der Waals surface area contributed by atoms with E-state index in [0.717, 1.165) is 17.7 Å². The minimum Gasteiger partial charge on any atom is -0.465 e. The Morgan fingerprint density at radius 1 is 1.16 bits per heavy atom. The van der Waals surface area contributed by atoms with Crippen molar-refractivity contribution in [3.05, 3.63) is 70.9 Å². The molecular formula is C25H21F3N4O4S. The van der Waals surface area contributed by atoms with Crippen LogP contribution in [0.15, 0.2) is 59.8 Å².